The molecule has 0 heterocycles. The Morgan fingerprint density at radius 3 is 2.83 bits per heavy atom. The molecule has 0 radical (unpaired) electrons. The van der Waals surface area contributed by atoms with Crippen LogP contribution in [-0.4, -0.2) is 31.5 Å². The number of ether oxygens (including phenoxy) is 2. The lowest BCUT2D eigenvalue weighted by Crippen LogP contribution is -2.36. The summed E-state index contributed by atoms with van der Waals surface area (Å²) >= 11 is 0. The van der Waals surface area contributed by atoms with Crippen LogP contribution in [0.3, 0.4) is 0 Å². The third-order valence-electron chi connectivity index (χ3n) is 3.78. The molecule has 0 amide bonds. The highest BCUT2D eigenvalue weighted by atomic mass is 16.5. The van der Waals surface area contributed by atoms with E-state index in [1.54, 1.807) is 14.2 Å². The fourth-order valence-electron chi connectivity index (χ4n) is 2.71. The van der Waals surface area contributed by atoms with Gasteiger partial charge in [-0.25, -0.2) is 0 Å². The molecule has 0 aliphatic heterocycles. The van der Waals surface area contributed by atoms with E-state index in [-0.39, 0.29) is 0 Å². The van der Waals surface area contributed by atoms with Crippen molar-refractivity contribution in [3.05, 3.63) is 29.3 Å². The molecule has 0 saturated heterocycles. The first-order valence-electron chi connectivity index (χ1n) is 6.54. The number of fused-ring (bicyclic) bond motifs is 1. The molecule has 1 aliphatic rings. The van der Waals surface area contributed by atoms with Crippen LogP contribution in [0.2, 0.25) is 0 Å². The van der Waals surface area contributed by atoms with Gasteiger partial charge in [-0.2, -0.15) is 0 Å². The van der Waals surface area contributed by atoms with Crippen LogP contribution in [0.5, 0.6) is 5.75 Å². The van der Waals surface area contributed by atoms with Crippen molar-refractivity contribution in [1.82, 2.24) is 0 Å². The molecule has 0 fully saturated rings. The summed E-state index contributed by atoms with van der Waals surface area (Å²) < 4.78 is 10.3. The summed E-state index contributed by atoms with van der Waals surface area (Å²) in [5.74, 6) is 0.870. The van der Waals surface area contributed by atoms with Gasteiger partial charge in [-0.1, -0.05) is 6.07 Å². The van der Waals surface area contributed by atoms with Crippen molar-refractivity contribution >= 4 is 0 Å². The van der Waals surface area contributed by atoms with Gasteiger partial charge in [0.15, 0.2) is 0 Å². The van der Waals surface area contributed by atoms with E-state index in [0.717, 1.165) is 37.9 Å². The lowest BCUT2D eigenvalue weighted by Gasteiger charge is -2.33. The molecule has 1 atom stereocenters. The van der Waals surface area contributed by atoms with Crippen molar-refractivity contribution < 1.29 is 14.6 Å². The van der Waals surface area contributed by atoms with Gasteiger partial charge in [0.2, 0.25) is 0 Å². The average Bonchev–Trinajstić information content (AvgIpc) is 2.38. The van der Waals surface area contributed by atoms with Crippen molar-refractivity contribution in [1.29, 1.82) is 0 Å². The Morgan fingerprint density at radius 1 is 1.28 bits per heavy atom. The van der Waals surface area contributed by atoms with Gasteiger partial charge in [-0.15, -0.1) is 0 Å². The third kappa shape index (κ3) is 3.03. The maximum atomic E-state index is 10.6. The first kappa shape index (κ1) is 13.4. The number of benzene rings is 1. The van der Waals surface area contributed by atoms with Gasteiger partial charge in [-0.3, -0.25) is 0 Å². The normalized spacial score (nSPS) is 22.6. The third-order valence-corrected chi connectivity index (χ3v) is 3.78. The SMILES string of the molecule is COCCCC1(O)CCc2ccc(OC)cc2C1. The molecule has 1 aromatic rings. The molecule has 0 spiro atoms. The molecule has 1 N–H and O–H groups in total. The van der Waals surface area contributed by atoms with Gasteiger partial charge in [0.25, 0.3) is 0 Å². The van der Waals surface area contributed by atoms with Crippen molar-refractivity contribution in [3.8, 4) is 5.75 Å². The van der Waals surface area contributed by atoms with Crippen LogP contribution < -0.4 is 4.74 Å². The smallest absolute Gasteiger partial charge is 0.119 e. The highest BCUT2D eigenvalue weighted by molar-refractivity contribution is 5.38. The lowest BCUT2D eigenvalue weighted by molar-refractivity contribution is 0.00998. The monoisotopic (exact) mass is 250 g/mol. The Labute approximate surface area is 109 Å². The van der Waals surface area contributed by atoms with Crippen LogP contribution in [0, 0.1) is 0 Å². The first-order chi connectivity index (χ1) is 8.67. The zero-order chi connectivity index (χ0) is 13.0. The molecular formula is C15H22O3. The Balaban J connectivity index is 2.07. The van der Waals surface area contributed by atoms with Crippen molar-refractivity contribution in [2.45, 2.75) is 37.7 Å². The van der Waals surface area contributed by atoms with Gasteiger partial charge in [-0.05, 0) is 48.9 Å². The van der Waals surface area contributed by atoms with Crippen molar-refractivity contribution in [2.24, 2.45) is 0 Å². The maximum absolute atomic E-state index is 10.6. The maximum Gasteiger partial charge on any atom is 0.119 e. The van der Waals surface area contributed by atoms with Gasteiger partial charge < -0.3 is 14.6 Å². The van der Waals surface area contributed by atoms with Crippen LogP contribution in [0.15, 0.2) is 18.2 Å². The predicted molar refractivity (Wildman–Crippen MR) is 71.1 cm³/mol. The Morgan fingerprint density at radius 2 is 2.11 bits per heavy atom. The second kappa shape index (κ2) is 5.72. The molecule has 2 rings (SSSR count). The quantitative estimate of drug-likeness (QED) is 0.815. The van der Waals surface area contributed by atoms with E-state index < -0.39 is 5.60 Å². The largest absolute Gasteiger partial charge is 0.497 e. The van der Waals surface area contributed by atoms with Crippen LogP contribution in [0.4, 0.5) is 0 Å². The minimum absolute atomic E-state index is 0.572. The van der Waals surface area contributed by atoms with Gasteiger partial charge in [0.05, 0.1) is 12.7 Å². The summed E-state index contributed by atoms with van der Waals surface area (Å²) in [5, 5.41) is 10.6. The summed E-state index contributed by atoms with van der Waals surface area (Å²) in [5.41, 5.74) is 1.99. The van der Waals surface area contributed by atoms with Gasteiger partial charge >= 0.3 is 0 Å². The van der Waals surface area contributed by atoms with Crippen molar-refractivity contribution in [2.75, 3.05) is 20.8 Å². The number of hydrogen-bond acceptors (Lipinski definition) is 3. The number of aryl methyl sites for hydroxylation is 1. The van der Waals surface area contributed by atoms with E-state index in [1.165, 1.54) is 11.1 Å². The second-order valence-electron chi connectivity index (χ2n) is 5.13. The number of methoxy groups -OCH3 is 2. The Bertz CT molecular complexity index is 403. The fourth-order valence-corrected chi connectivity index (χ4v) is 2.71. The van der Waals surface area contributed by atoms with E-state index in [9.17, 15) is 5.11 Å². The molecule has 3 nitrogen and oxygen atoms in total. The summed E-state index contributed by atoms with van der Waals surface area (Å²) in [6.07, 6.45) is 4.23. The minimum atomic E-state index is -0.572. The molecule has 0 saturated carbocycles. The summed E-state index contributed by atoms with van der Waals surface area (Å²) in [7, 11) is 3.38. The molecule has 100 valence electrons. The van der Waals surface area contributed by atoms with Gasteiger partial charge in [0, 0.05) is 20.1 Å². The van der Waals surface area contributed by atoms with E-state index >= 15 is 0 Å². The van der Waals surface area contributed by atoms with E-state index in [2.05, 4.69) is 12.1 Å². The summed E-state index contributed by atoms with van der Waals surface area (Å²) in [4.78, 5) is 0. The average molecular weight is 250 g/mol. The topological polar surface area (TPSA) is 38.7 Å². The Hall–Kier alpha value is -1.06. The number of rotatable bonds is 5. The summed E-state index contributed by atoms with van der Waals surface area (Å²) in [6, 6.07) is 6.16. The van der Waals surface area contributed by atoms with Crippen LogP contribution in [0.25, 0.3) is 0 Å². The van der Waals surface area contributed by atoms with Crippen LogP contribution in [-0.2, 0) is 17.6 Å². The van der Waals surface area contributed by atoms with E-state index in [1.807, 2.05) is 6.07 Å². The van der Waals surface area contributed by atoms with E-state index in [0.29, 0.717) is 6.61 Å². The fraction of sp³-hybridized carbons (Fsp3) is 0.600. The molecular weight excluding hydrogens is 228 g/mol. The first-order valence-corrected chi connectivity index (χ1v) is 6.54. The zero-order valence-electron chi connectivity index (χ0n) is 11.2. The molecule has 0 aromatic heterocycles. The van der Waals surface area contributed by atoms with Crippen LogP contribution >= 0.6 is 0 Å². The minimum Gasteiger partial charge on any atom is -0.497 e. The molecule has 1 aromatic carbocycles. The molecule has 18 heavy (non-hydrogen) atoms. The summed E-state index contributed by atoms with van der Waals surface area (Å²) in [6.45, 7) is 0.716. The molecule has 1 aliphatic carbocycles. The number of hydrogen-bond donors (Lipinski definition) is 1. The Kier molecular flexibility index (Phi) is 4.25. The van der Waals surface area contributed by atoms with E-state index in [4.69, 9.17) is 9.47 Å². The zero-order valence-corrected chi connectivity index (χ0v) is 11.2. The second-order valence-corrected chi connectivity index (χ2v) is 5.13. The predicted octanol–water partition coefficient (Wildman–Crippen LogP) is 2.34. The lowest BCUT2D eigenvalue weighted by atomic mass is 9.78. The molecule has 1 unspecified atom stereocenters. The highest BCUT2D eigenvalue weighted by Gasteiger charge is 2.31. The molecule has 0 bridgehead atoms. The number of aliphatic hydroxyl groups is 1. The standard InChI is InChI=1S/C15H22O3/c1-17-9-3-7-15(16)8-6-12-4-5-14(18-2)10-13(12)11-15/h4-5,10,16H,3,6-9,11H2,1-2H3. The highest BCUT2D eigenvalue weighted by Crippen LogP contribution is 2.33. The van der Waals surface area contributed by atoms with Crippen molar-refractivity contribution in [3.63, 3.8) is 0 Å². The molecule has 3 heteroatoms. The van der Waals surface area contributed by atoms with Crippen LogP contribution in [0.1, 0.15) is 30.4 Å². The van der Waals surface area contributed by atoms with Gasteiger partial charge in [0.1, 0.15) is 5.75 Å².